The number of piperidine rings is 2. The van der Waals surface area contributed by atoms with E-state index in [0.29, 0.717) is 32.2 Å². The number of rotatable bonds is 4. The van der Waals surface area contributed by atoms with E-state index in [1.54, 1.807) is 8.61 Å². The molecule has 0 aromatic rings. The molecule has 1 unspecified atom stereocenters. The van der Waals surface area contributed by atoms with Crippen molar-refractivity contribution in [2.24, 2.45) is 5.92 Å². The molecular weight excluding hydrogens is 314 g/mol. The van der Waals surface area contributed by atoms with Crippen molar-refractivity contribution in [1.82, 2.24) is 13.9 Å². The van der Waals surface area contributed by atoms with Gasteiger partial charge < -0.3 is 5.32 Å². The summed E-state index contributed by atoms with van der Waals surface area (Å²) in [4.78, 5) is 12.5. The van der Waals surface area contributed by atoms with E-state index in [1.807, 2.05) is 0 Å². The predicted octanol–water partition coefficient (Wildman–Crippen LogP) is 1.49. The summed E-state index contributed by atoms with van der Waals surface area (Å²) in [5, 5.41) is 3.13. The van der Waals surface area contributed by atoms with Gasteiger partial charge >= 0.3 is 0 Å². The van der Waals surface area contributed by atoms with Crippen molar-refractivity contribution in [2.75, 3.05) is 26.2 Å². The lowest BCUT2D eigenvalue weighted by molar-refractivity contribution is -0.126. The Kier molecular flexibility index (Phi) is 5.59. The van der Waals surface area contributed by atoms with Gasteiger partial charge in [-0.1, -0.05) is 19.3 Å². The minimum absolute atomic E-state index is 0.0513. The van der Waals surface area contributed by atoms with Crippen LogP contribution < -0.4 is 5.32 Å². The Labute approximate surface area is 139 Å². The molecule has 1 amide bonds. The predicted molar refractivity (Wildman–Crippen MR) is 89.0 cm³/mol. The summed E-state index contributed by atoms with van der Waals surface area (Å²) in [5.74, 6) is -0.139. The van der Waals surface area contributed by atoms with E-state index in [1.165, 1.54) is 12.8 Å². The summed E-state index contributed by atoms with van der Waals surface area (Å²) >= 11 is 0. The van der Waals surface area contributed by atoms with Gasteiger partial charge in [-0.05, 0) is 38.5 Å². The van der Waals surface area contributed by atoms with Gasteiger partial charge in [0.05, 0.1) is 5.92 Å². The van der Waals surface area contributed by atoms with E-state index in [9.17, 15) is 13.2 Å². The second-order valence-electron chi connectivity index (χ2n) is 7.15. The molecule has 0 radical (unpaired) electrons. The molecule has 2 aliphatic heterocycles. The highest BCUT2D eigenvalue weighted by molar-refractivity contribution is 7.86. The summed E-state index contributed by atoms with van der Waals surface area (Å²) in [6, 6.07) is 0.302. The Morgan fingerprint density at radius 1 is 0.826 bits per heavy atom. The second-order valence-corrected chi connectivity index (χ2v) is 9.08. The molecule has 1 saturated carbocycles. The van der Waals surface area contributed by atoms with Crippen molar-refractivity contribution in [3.05, 3.63) is 0 Å². The van der Waals surface area contributed by atoms with Crippen LogP contribution in [-0.2, 0) is 15.0 Å². The molecule has 3 rings (SSSR count). The number of nitrogens with one attached hydrogen (secondary N) is 1. The number of hydrogen-bond acceptors (Lipinski definition) is 3. The van der Waals surface area contributed by atoms with E-state index >= 15 is 0 Å². The first-order valence-corrected chi connectivity index (χ1v) is 10.5. The monoisotopic (exact) mass is 343 g/mol. The number of carbonyl (C=O) groups is 1. The van der Waals surface area contributed by atoms with Crippen molar-refractivity contribution in [3.63, 3.8) is 0 Å². The second kappa shape index (κ2) is 7.49. The highest BCUT2D eigenvalue weighted by Gasteiger charge is 2.36. The van der Waals surface area contributed by atoms with Gasteiger partial charge in [-0.3, -0.25) is 4.79 Å². The Bertz CT molecular complexity index is 511. The van der Waals surface area contributed by atoms with Crippen LogP contribution in [0.5, 0.6) is 0 Å². The maximum absolute atomic E-state index is 12.8. The number of hydrogen-bond donors (Lipinski definition) is 1. The van der Waals surface area contributed by atoms with Crippen LogP contribution in [0.4, 0.5) is 0 Å². The van der Waals surface area contributed by atoms with Gasteiger partial charge in [-0.15, -0.1) is 0 Å². The summed E-state index contributed by atoms with van der Waals surface area (Å²) in [6.07, 6.45) is 9.06. The fourth-order valence-corrected chi connectivity index (χ4v) is 5.79. The Hall–Kier alpha value is -0.660. The minimum Gasteiger partial charge on any atom is -0.353 e. The van der Waals surface area contributed by atoms with E-state index < -0.39 is 10.2 Å². The maximum Gasteiger partial charge on any atom is 0.281 e. The molecule has 0 bridgehead atoms. The zero-order valence-corrected chi connectivity index (χ0v) is 14.7. The highest BCUT2D eigenvalue weighted by atomic mass is 32.2. The molecule has 132 valence electrons. The van der Waals surface area contributed by atoms with E-state index in [-0.39, 0.29) is 11.8 Å². The first-order valence-electron chi connectivity index (χ1n) is 9.13. The van der Waals surface area contributed by atoms with Crippen LogP contribution in [0.15, 0.2) is 0 Å². The molecule has 1 aliphatic carbocycles. The summed E-state index contributed by atoms with van der Waals surface area (Å²) in [6.45, 7) is 2.14. The fraction of sp³-hybridized carbons (Fsp3) is 0.938. The minimum atomic E-state index is -3.39. The first kappa shape index (κ1) is 17.2. The zero-order chi connectivity index (χ0) is 16.3. The average Bonchev–Trinajstić information content (AvgIpc) is 3.09. The Morgan fingerprint density at radius 3 is 2.17 bits per heavy atom. The molecule has 1 N–H and O–H groups in total. The van der Waals surface area contributed by atoms with Crippen LogP contribution in [-0.4, -0.2) is 55.2 Å². The van der Waals surface area contributed by atoms with E-state index in [0.717, 1.165) is 44.9 Å². The van der Waals surface area contributed by atoms with Gasteiger partial charge in [0, 0.05) is 32.2 Å². The normalized spacial score (nSPS) is 28.8. The summed E-state index contributed by atoms with van der Waals surface area (Å²) < 4.78 is 28.7. The lowest BCUT2D eigenvalue weighted by Crippen LogP contribution is -2.52. The maximum atomic E-state index is 12.8. The van der Waals surface area contributed by atoms with Crippen LogP contribution >= 0.6 is 0 Å². The molecule has 2 heterocycles. The molecule has 3 fully saturated rings. The Balaban J connectivity index is 1.59. The fourth-order valence-electron chi connectivity index (χ4n) is 4.01. The van der Waals surface area contributed by atoms with E-state index in [4.69, 9.17) is 0 Å². The van der Waals surface area contributed by atoms with Crippen molar-refractivity contribution in [1.29, 1.82) is 0 Å². The molecule has 6 nitrogen and oxygen atoms in total. The third-order valence-electron chi connectivity index (χ3n) is 5.42. The summed E-state index contributed by atoms with van der Waals surface area (Å²) in [7, 11) is -3.39. The zero-order valence-electron chi connectivity index (χ0n) is 13.9. The molecule has 3 aliphatic rings. The molecule has 23 heavy (non-hydrogen) atoms. The van der Waals surface area contributed by atoms with Crippen LogP contribution in [0.1, 0.15) is 57.8 Å². The van der Waals surface area contributed by atoms with Crippen LogP contribution in [0, 0.1) is 5.92 Å². The van der Waals surface area contributed by atoms with Gasteiger partial charge in [0.1, 0.15) is 0 Å². The molecule has 0 aromatic carbocycles. The quantitative estimate of drug-likeness (QED) is 0.841. The van der Waals surface area contributed by atoms with E-state index in [2.05, 4.69) is 5.32 Å². The van der Waals surface area contributed by atoms with Crippen molar-refractivity contribution in [3.8, 4) is 0 Å². The van der Waals surface area contributed by atoms with Gasteiger partial charge in [0.15, 0.2) is 0 Å². The van der Waals surface area contributed by atoms with Gasteiger partial charge in [-0.25, -0.2) is 0 Å². The highest BCUT2D eigenvalue weighted by Crippen LogP contribution is 2.24. The first-order chi connectivity index (χ1) is 11.1. The summed E-state index contributed by atoms with van der Waals surface area (Å²) in [5.41, 5.74) is 0. The lowest BCUT2D eigenvalue weighted by Gasteiger charge is -2.36. The third-order valence-corrected chi connectivity index (χ3v) is 7.43. The molecule has 1 atom stereocenters. The molecule has 0 spiro atoms. The van der Waals surface area contributed by atoms with Crippen LogP contribution in [0.2, 0.25) is 0 Å². The SMILES string of the molecule is O=C(NC1CCCC1)C1CCCN(S(=O)(=O)N2CCCCC2)C1. The molecule has 0 aromatic heterocycles. The van der Waals surface area contributed by atoms with Crippen molar-refractivity contribution >= 4 is 16.1 Å². The lowest BCUT2D eigenvalue weighted by atomic mass is 9.98. The smallest absolute Gasteiger partial charge is 0.281 e. The average molecular weight is 343 g/mol. The molecule has 2 saturated heterocycles. The largest absolute Gasteiger partial charge is 0.353 e. The number of carbonyl (C=O) groups excluding carboxylic acids is 1. The number of nitrogens with zero attached hydrogens (tertiary/aromatic N) is 2. The van der Waals surface area contributed by atoms with Crippen LogP contribution in [0.3, 0.4) is 0 Å². The van der Waals surface area contributed by atoms with Gasteiger partial charge in [0.2, 0.25) is 5.91 Å². The molecule has 7 heteroatoms. The molecular formula is C16H29N3O3S. The van der Waals surface area contributed by atoms with Crippen molar-refractivity contribution in [2.45, 2.75) is 63.8 Å². The van der Waals surface area contributed by atoms with Gasteiger partial charge in [0.25, 0.3) is 10.2 Å². The topological polar surface area (TPSA) is 69.7 Å². The Morgan fingerprint density at radius 2 is 1.48 bits per heavy atom. The van der Waals surface area contributed by atoms with Gasteiger partial charge in [-0.2, -0.15) is 17.0 Å². The third kappa shape index (κ3) is 4.06. The standard InChI is InChI=1S/C16H29N3O3S/c20-16(17-15-8-2-3-9-15)14-7-6-12-19(13-14)23(21,22)18-10-4-1-5-11-18/h14-15H,1-13H2,(H,17,20). The number of amides is 1. The van der Waals surface area contributed by atoms with Crippen molar-refractivity contribution < 1.29 is 13.2 Å². The van der Waals surface area contributed by atoms with Crippen LogP contribution in [0.25, 0.3) is 0 Å².